The van der Waals surface area contributed by atoms with Crippen molar-refractivity contribution in [2.45, 2.75) is 39.0 Å². The molecule has 0 radical (unpaired) electrons. The number of benzene rings is 1. The van der Waals surface area contributed by atoms with Crippen LogP contribution < -0.4 is 4.90 Å². The quantitative estimate of drug-likeness (QED) is 0.533. The predicted octanol–water partition coefficient (Wildman–Crippen LogP) is 1.56. The molecule has 27 heavy (non-hydrogen) atoms. The molecule has 6 nitrogen and oxygen atoms in total. The lowest BCUT2D eigenvalue weighted by Crippen LogP contribution is -3.09. The first-order valence-corrected chi connectivity index (χ1v) is 11.5. The van der Waals surface area contributed by atoms with Crippen molar-refractivity contribution < 1.29 is 13.3 Å². The van der Waals surface area contributed by atoms with E-state index in [-0.39, 0.29) is 17.4 Å². The fourth-order valence-electron chi connectivity index (χ4n) is 3.55. The molecule has 3 rings (SSSR count). The molecule has 1 saturated heterocycles. The van der Waals surface area contributed by atoms with Crippen LogP contribution in [0.2, 0.25) is 0 Å². The second-order valence-electron chi connectivity index (χ2n) is 7.06. The van der Waals surface area contributed by atoms with Gasteiger partial charge in [0, 0.05) is 18.0 Å². The van der Waals surface area contributed by atoms with Gasteiger partial charge in [0.05, 0.1) is 18.1 Å². The Morgan fingerprint density at radius 2 is 2.11 bits per heavy atom. The van der Waals surface area contributed by atoms with Crippen LogP contribution in [0.5, 0.6) is 0 Å². The van der Waals surface area contributed by atoms with Gasteiger partial charge >= 0.3 is 0 Å². The minimum Gasteiger partial charge on any atom is -0.313 e. The standard InChI is InChI=1S/C19H26N4O2S2/c1-3-11-22-18(17-10-12-27(24,25)14-17)20-23(19(22)26)15-21(4-2)13-16-8-6-5-7-9-16/h3,5-9,17H,1,4,10-15H2,2H3/p+1/t17-/m1/s1. The summed E-state index contributed by atoms with van der Waals surface area (Å²) in [5, 5.41) is 4.75. The minimum absolute atomic E-state index is 0.0860. The molecular weight excluding hydrogens is 380 g/mol. The fraction of sp³-hybridized carbons (Fsp3) is 0.474. The number of rotatable bonds is 8. The highest BCUT2D eigenvalue weighted by Crippen LogP contribution is 2.28. The Balaban J connectivity index is 1.85. The van der Waals surface area contributed by atoms with Crippen LogP contribution in [0.25, 0.3) is 0 Å². The van der Waals surface area contributed by atoms with Crippen LogP contribution in [-0.2, 0) is 29.6 Å². The maximum absolute atomic E-state index is 11.9. The Hall–Kier alpha value is -1.77. The summed E-state index contributed by atoms with van der Waals surface area (Å²) in [4.78, 5) is 1.34. The molecule has 1 aliphatic rings. The normalized spacial score (nSPS) is 19.8. The van der Waals surface area contributed by atoms with Crippen molar-refractivity contribution in [3.05, 3.63) is 59.1 Å². The van der Waals surface area contributed by atoms with Crippen LogP contribution in [-0.4, -0.2) is 40.8 Å². The lowest BCUT2D eigenvalue weighted by Gasteiger charge is -2.17. The van der Waals surface area contributed by atoms with Gasteiger partial charge < -0.3 is 4.90 Å². The highest BCUT2D eigenvalue weighted by atomic mass is 32.2. The number of nitrogens with one attached hydrogen (secondary N) is 1. The Morgan fingerprint density at radius 1 is 1.37 bits per heavy atom. The Bertz CT molecular complexity index is 948. The van der Waals surface area contributed by atoms with Crippen LogP contribution in [0, 0.1) is 4.77 Å². The van der Waals surface area contributed by atoms with Crippen molar-refractivity contribution >= 4 is 22.1 Å². The molecule has 1 fully saturated rings. The maximum atomic E-state index is 11.9. The van der Waals surface area contributed by atoms with Crippen molar-refractivity contribution in [2.24, 2.45) is 0 Å². The summed E-state index contributed by atoms with van der Waals surface area (Å²) in [7, 11) is -2.97. The molecule has 1 aromatic carbocycles. The highest BCUT2D eigenvalue weighted by molar-refractivity contribution is 7.91. The smallest absolute Gasteiger partial charge is 0.203 e. The molecule has 0 bridgehead atoms. The van der Waals surface area contributed by atoms with Crippen LogP contribution >= 0.6 is 12.2 Å². The van der Waals surface area contributed by atoms with Gasteiger partial charge in [0.15, 0.2) is 16.5 Å². The van der Waals surface area contributed by atoms with Gasteiger partial charge in [-0.05, 0) is 25.6 Å². The largest absolute Gasteiger partial charge is 0.313 e. The van der Waals surface area contributed by atoms with Gasteiger partial charge in [0.1, 0.15) is 12.4 Å². The summed E-state index contributed by atoms with van der Waals surface area (Å²) in [6.07, 6.45) is 2.39. The predicted molar refractivity (Wildman–Crippen MR) is 109 cm³/mol. The molecule has 2 heterocycles. The number of aromatic nitrogens is 3. The molecule has 2 aromatic rings. The Kier molecular flexibility index (Phi) is 6.29. The van der Waals surface area contributed by atoms with E-state index in [4.69, 9.17) is 17.3 Å². The monoisotopic (exact) mass is 407 g/mol. The Morgan fingerprint density at radius 3 is 2.70 bits per heavy atom. The van der Waals surface area contributed by atoms with Gasteiger partial charge in [-0.25, -0.2) is 8.42 Å². The zero-order chi connectivity index (χ0) is 19.4. The summed E-state index contributed by atoms with van der Waals surface area (Å²) in [6.45, 7) is 8.99. The van der Waals surface area contributed by atoms with Crippen molar-refractivity contribution in [3.8, 4) is 0 Å². The van der Waals surface area contributed by atoms with E-state index < -0.39 is 9.84 Å². The second-order valence-corrected chi connectivity index (χ2v) is 9.66. The van der Waals surface area contributed by atoms with Gasteiger partial charge in [0.2, 0.25) is 4.77 Å². The van der Waals surface area contributed by atoms with Gasteiger partial charge in [0.25, 0.3) is 0 Å². The van der Waals surface area contributed by atoms with E-state index >= 15 is 0 Å². The average Bonchev–Trinajstić information content (AvgIpc) is 3.16. The first kappa shape index (κ1) is 20.0. The number of nitrogens with zero attached hydrogens (tertiary/aromatic N) is 3. The topological polar surface area (TPSA) is 61.3 Å². The molecule has 8 heteroatoms. The first-order valence-electron chi connectivity index (χ1n) is 9.30. The molecule has 146 valence electrons. The van der Waals surface area contributed by atoms with E-state index in [9.17, 15) is 8.42 Å². The van der Waals surface area contributed by atoms with Crippen molar-refractivity contribution in [1.82, 2.24) is 14.3 Å². The summed E-state index contributed by atoms with van der Waals surface area (Å²) >= 11 is 5.65. The number of allylic oxidation sites excluding steroid dienone is 1. The molecule has 0 aliphatic carbocycles. The van der Waals surface area contributed by atoms with Crippen molar-refractivity contribution in [1.29, 1.82) is 0 Å². The summed E-state index contributed by atoms with van der Waals surface area (Å²) in [5.74, 6) is 1.07. The van der Waals surface area contributed by atoms with Crippen LogP contribution in [0.15, 0.2) is 43.0 Å². The molecule has 1 unspecified atom stereocenters. The SMILES string of the molecule is C=CCn1c([C@@H]2CCS(=O)(=O)C2)nn(C[NH+](CC)Cc2ccccc2)c1=S. The lowest BCUT2D eigenvalue weighted by molar-refractivity contribution is -0.935. The van der Waals surface area contributed by atoms with Crippen molar-refractivity contribution in [2.75, 3.05) is 18.1 Å². The zero-order valence-corrected chi connectivity index (χ0v) is 17.3. The summed E-state index contributed by atoms with van der Waals surface area (Å²) in [5.41, 5.74) is 1.27. The van der Waals surface area contributed by atoms with E-state index in [0.717, 1.165) is 18.9 Å². The third kappa shape index (κ3) is 4.75. The fourth-order valence-corrected chi connectivity index (χ4v) is 5.56. The highest BCUT2D eigenvalue weighted by Gasteiger charge is 2.33. The van der Waals surface area contributed by atoms with Gasteiger partial charge in [-0.2, -0.15) is 9.78 Å². The van der Waals surface area contributed by atoms with Crippen LogP contribution in [0.3, 0.4) is 0 Å². The molecule has 2 atom stereocenters. The summed E-state index contributed by atoms with van der Waals surface area (Å²) < 4.78 is 28.2. The zero-order valence-electron chi connectivity index (χ0n) is 15.7. The van der Waals surface area contributed by atoms with Gasteiger partial charge in [-0.1, -0.05) is 36.4 Å². The molecule has 0 saturated carbocycles. The first-order chi connectivity index (χ1) is 12.9. The van der Waals surface area contributed by atoms with Crippen LogP contribution in [0.1, 0.15) is 30.7 Å². The Labute approximate surface area is 166 Å². The number of hydrogen-bond donors (Lipinski definition) is 1. The van der Waals surface area contributed by atoms with Gasteiger partial charge in [-0.15, -0.1) is 6.58 Å². The number of sulfone groups is 1. The number of quaternary nitrogens is 1. The molecule has 0 amide bonds. The maximum Gasteiger partial charge on any atom is 0.203 e. The molecule has 1 aliphatic heterocycles. The minimum atomic E-state index is -2.97. The average molecular weight is 408 g/mol. The number of hydrogen-bond acceptors (Lipinski definition) is 4. The molecule has 1 aromatic heterocycles. The van der Waals surface area contributed by atoms with E-state index in [1.165, 1.54) is 10.5 Å². The van der Waals surface area contributed by atoms with E-state index in [1.54, 1.807) is 6.08 Å². The molecule has 1 N–H and O–H groups in total. The van der Waals surface area contributed by atoms with E-state index in [0.29, 0.717) is 24.4 Å². The third-order valence-corrected chi connectivity index (χ3v) is 7.23. The second kappa shape index (κ2) is 8.50. The van der Waals surface area contributed by atoms with E-state index in [1.807, 2.05) is 27.4 Å². The molecular formula is C19H27N4O2S2+. The van der Waals surface area contributed by atoms with Crippen LogP contribution in [0.4, 0.5) is 0 Å². The van der Waals surface area contributed by atoms with Crippen molar-refractivity contribution in [3.63, 3.8) is 0 Å². The summed E-state index contributed by atoms with van der Waals surface area (Å²) in [6, 6.07) is 10.4. The van der Waals surface area contributed by atoms with Gasteiger partial charge in [-0.3, -0.25) is 4.57 Å². The lowest BCUT2D eigenvalue weighted by atomic mass is 10.1. The van der Waals surface area contributed by atoms with E-state index in [2.05, 4.69) is 25.6 Å². The molecule has 0 spiro atoms. The third-order valence-electron chi connectivity index (χ3n) is 5.03.